The molecule has 1 rings (SSSR count). The van der Waals surface area contributed by atoms with Crippen LogP contribution >= 0.6 is 0 Å². The fourth-order valence-electron chi connectivity index (χ4n) is 2.86. The van der Waals surface area contributed by atoms with E-state index < -0.39 is 24.0 Å². The number of carbonyl (C=O) groups excluding carboxylic acids is 1. The van der Waals surface area contributed by atoms with Crippen LogP contribution in [0.5, 0.6) is 0 Å². The third-order valence-corrected chi connectivity index (χ3v) is 3.90. The Balaban J connectivity index is 2.62. The molecule has 1 amide bonds. The van der Waals surface area contributed by atoms with Crippen LogP contribution in [0, 0.1) is 0 Å². The lowest BCUT2D eigenvalue weighted by atomic mass is 9.95. The molecule has 0 saturated heterocycles. The average Bonchev–Trinajstić information content (AvgIpc) is 2.69. The van der Waals surface area contributed by atoms with Crippen molar-refractivity contribution < 1.29 is 18.0 Å². The fourth-order valence-corrected chi connectivity index (χ4v) is 2.86. The number of amides is 1. The number of nitrogens with two attached hydrogens (primary N) is 1. The first-order valence-electron chi connectivity index (χ1n) is 6.90. The predicted molar refractivity (Wildman–Crippen MR) is 71.1 cm³/mol. The van der Waals surface area contributed by atoms with Gasteiger partial charge in [0.2, 0.25) is 5.91 Å². The molecule has 0 radical (unpaired) electrons. The van der Waals surface area contributed by atoms with Crippen molar-refractivity contribution in [3.8, 4) is 0 Å². The summed E-state index contributed by atoms with van der Waals surface area (Å²) in [5, 5.41) is 3.19. The molecule has 0 aromatic rings. The molecule has 0 aliphatic heterocycles. The summed E-state index contributed by atoms with van der Waals surface area (Å²) >= 11 is 0. The van der Waals surface area contributed by atoms with Crippen molar-refractivity contribution in [2.75, 3.05) is 13.6 Å². The summed E-state index contributed by atoms with van der Waals surface area (Å²) in [5.74, 6) is -0.419. The molecule has 2 atom stereocenters. The van der Waals surface area contributed by atoms with Gasteiger partial charge in [-0.15, -0.1) is 0 Å². The summed E-state index contributed by atoms with van der Waals surface area (Å²) in [5.41, 5.74) is 4.70. The van der Waals surface area contributed by atoms with E-state index >= 15 is 0 Å². The molecule has 0 aromatic heterocycles. The van der Waals surface area contributed by atoms with E-state index in [1.165, 1.54) is 0 Å². The Bertz CT molecular complexity index is 346. The number of halogens is 3. The quantitative estimate of drug-likeness (QED) is 0.783. The van der Waals surface area contributed by atoms with E-state index in [4.69, 9.17) is 5.73 Å². The number of nitrogens with one attached hydrogen (secondary N) is 1. The van der Waals surface area contributed by atoms with E-state index in [2.05, 4.69) is 5.32 Å². The van der Waals surface area contributed by atoms with Crippen LogP contribution in [0.4, 0.5) is 13.2 Å². The van der Waals surface area contributed by atoms with Crippen LogP contribution in [0.15, 0.2) is 0 Å². The summed E-state index contributed by atoms with van der Waals surface area (Å²) < 4.78 is 36.7. The van der Waals surface area contributed by atoms with Gasteiger partial charge in [0.1, 0.15) is 0 Å². The second-order valence-electron chi connectivity index (χ2n) is 5.99. The largest absolute Gasteiger partial charge is 0.390 e. The predicted octanol–water partition coefficient (Wildman–Crippen LogP) is 1.65. The molecule has 0 bridgehead atoms. The van der Waals surface area contributed by atoms with E-state index in [1.54, 1.807) is 11.9 Å². The van der Waals surface area contributed by atoms with Gasteiger partial charge in [-0.1, -0.05) is 0 Å². The van der Waals surface area contributed by atoms with Crippen molar-refractivity contribution in [1.82, 2.24) is 10.2 Å². The Morgan fingerprint density at radius 2 is 2.10 bits per heavy atom. The second-order valence-corrected chi connectivity index (χ2v) is 5.99. The minimum absolute atomic E-state index is 0.0453. The Morgan fingerprint density at radius 3 is 2.55 bits per heavy atom. The molecular weight excluding hydrogens is 271 g/mol. The molecule has 1 aliphatic carbocycles. The van der Waals surface area contributed by atoms with E-state index in [-0.39, 0.29) is 18.6 Å². The number of rotatable bonds is 6. The van der Waals surface area contributed by atoms with Gasteiger partial charge in [-0.3, -0.25) is 4.79 Å². The molecule has 118 valence electrons. The zero-order valence-corrected chi connectivity index (χ0v) is 12.3. The van der Waals surface area contributed by atoms with Crippen molar-refractivity contribution in [1.29, 1.82) is 0 Å². The molecule has 3 N–H and O–H groups in total. The van der Waals surface area contributed by atoms with Gasteiger partial charge in [-0.2, -0.15) is 13.2 Å². The van der Waals surface area contributed by atoms with Crippen molar-refractivity contribution >= 4 is 5.91 Å². The Hall–Kier alpha value is -0.820. The van der Waals surface area contributed by atoms with Crippen LogP contribution in [-0.4, -0.2) is 48.2 Å². The summed E-state index contributed by atoms with van der Waals surface area (Å²) in [6.45, 7) is 3.79. The lowest BCUT2D eigenvalue weighted by Crippen LogP contribution is -2.56. The van der Waals surface area contributed by atoms with Gasteiger partial charge in [0.05, 0.1) is 12.0 Å². The van der Waals surface area contributed by atoms with Crippen LogP contribution in [0.2, 0.25) is 0 Å². The molecule has 2 unspecified atom stereocenters. The smallest absolute Gasteiger partial charge is 0.368 e. The van der Waals surface area contributed by atoms with E-state index in [0.29, 0.717) is 19.3 Å². The maximum Gasteiger partial charge on any atom is 0.390 e. The molecular formula is C13H24F3N3O. The topological polar surface area (TPSA) is 58.4 Å². The summed E-state index contributed by atoms with van der Waals surface area (Å²) in [7, 11) is 1.67. The maximum absolute atomic E-state index is 12.2. The molecule has 1 saturated carbocycles. The highest BCUT2D eigenvalue weighted by atomic mass is 19.4. The number of primary amides is 1. The molecule has 4 nitrogen and oxygen atoms in total. The van der Waals surface area contributed by atoms with Gasteiger partial charge >= 0.3 is 6.18 Å². The number of hydrogen-bond donors (Lipinski definition) is 2. The number of hydrogen-bond acceptors (Lipinski definition) is 3. The SMILES string of the molecule is CC(C)NC1(C(N)=O)CCC(N(C)CCC(F)(F)F)C1. The zero-order valence-electron chi connectivity index (χ0n) is 12.3. The maximum atomic E-state index is 12.2. The van der Waals surface area contributed by atoms with Gasteiger partial charge in [-0.25, -0.2) is 0 Å². The van der Waals surface area contributed by atoms with Crippen molar-refractivity contribution in [3.05, 3.63) is 0 Å². The number of alkyl halides is 3. The van der Waals surface area contributed by atoms with E-state index in [1.807, 2.05) is 13.8 Å². The van der Waals surface area contributed by atoms with E-state index in [9.17, 15) is 18.0 Å². The third kappa shape index (κ3) is 4.63. The first kappa shape index (κ1) is 17.2. The Labute approximate surface area is 117 Å². The van der Waals surface area contributed by atoms with Gasteiger partial charge < -0.3 is 16.0 Å². The molecule has 1 aliphatic rings. The monoisotopic (exact) mass is 295 g/mol. The van der Waals surface area contributed by atoms with E-state index in [0.717, 1.165) is 0 Å². The highest BCUT2D eigenvalue weighted by Gasteiger charge is 2.45. The number of carbonyl (C=O) groups is 1. The lowest BCUT2D eigenvalue weighted by molar-refractivity contribution is -0.138. The normalized spacial score (nSPS) is 27.5. The Kier molecular flexibility index (Phi) is 5.43. The lowest BCUT2D eigenvalue weighted by Gasteiger charge is -2.31. The summed E-state index contributed by atoms with van der Waals surface area (Å²) in [4.78, 5) is 13.4. The van der Waals surface area contributed by atoms with Crippen LogP contribution in [0.25, 0.3) is 0 Å². The van der Waals surface area contributed by atoms with Gasteiger partial charge in [0.25, 0.3) is 0 Å². The highest BCUT2D eigenvalue weighted by Crippen LogP contribution is 2.33. The second kappa shape index (κ2) is 6.30. The molecule has 0 aromatic carbocycles. The first-order chi connectivity index (χ1) is 9.06. The van der Waals surface area contributed by atoms with Crippen molar-refractivity contribution in [3.63, 3.8) is 0 Å². The van der Waals surface area contributed by atoms with Crippen LogP contribution < -0.4 is 11.1 Å². The highest BCUT2D eigenvalue weighted by molar-refractivity contribution is 5.85. The van der Waals surface area contributed by atoms with Crippen LogP contribution in [0.3, 0.4) is 0 Å². The van der Waals surface area contributed by atoms with Crippen LogP contribution in [-0.2, 0) is 4.79 Å². The fraction of sp³-hybridized carbons (Fsp3) is 0.923. The van der Waals surface area contributed by atoms with Crippen LogP contribution in [0.1, 0.15) is 39.5 Å². The van der Waals surface area contributed by atoms with Gasteiger partial charge in [-0.05, 0) is 40.2 Å². The zero-order chi connectivity index (χ0) is 15.6. The summed E-state index contributed by atoms with van der Waals surface area (Å²) in [6, 6.07) is 0.0535. The molecule has 0 spiro atoms. The summed E-state index contributed by atoms with van der Waals surface area (Å²) in [6.07, 6.45) is -3.27. The van der Waals surface area contributed by atoms with Crippen molar-refractivity contribution in [2.45, 2.75) is 63.3 Å². The number of nitrogens with zero attached hydrogens (tertiary/aromatic N) is 1. The molecule has 20 heavy (non-hydrogen) atoms. The third-order valence-electron chi connectivity index (χ3n) is 3.90. The Morgan fingerprint density at radius 1 is 1.50 bits per heavy atom. The minimum Gasteiger partial charge on any atom is -0.368 e. The standard InChI is InChI=1S/C13H24F3N3O/c1-9(2)18-12(11(17)20)5-4-10(8-12)19(3)7-6-13(14,15)16/h9-10,18H,4-8H2,1-3H3,(H2,17,20). The molecule has 1 fully saturated rings. The molecule has 0 heterocycles. The van der Waals surface area contributed by atoms with Gasteiger partial charge in [0.15, 0.2) is 0 Å². The average molecular weight is 295 g/mol. The van der Waals surface area contributed by atoms with Crippen molar-refractivity contribution in [2.24, 2.45) is 5.73 Å². The molecule has 7 heteroatoms. The first-order valence-corrected chi connectivity index (χ1v) is 6.90. The van der Waals surface area contributed by atoms with Gasteiger partial charge in [0, 0.05) is 18.6 Å². The minimum atomic E-state index is -4.15.